The number of piperidine rings is 1. The zero-order chi connectivity index (χ0) is 14.1. The third-order valence-electron chi connectivity index (χ3n) is 3.85. The van der Waals surface area contributed by atoms with E-state index in [9.17, 15) is 4.79 Å². The monoisotopic (exact) mass is 274 g/mol. The van der Waals surface area contributed by atoms with Gasteiger partial charge in [0.25, 0.3) is 5.91 Å². The van der Waals surface area contributed by atoms with E-state index in [4.69, 9.17) is 4.42 Å². The lowest BCUT2D eigenvalue weighted by atomic mass is 9.91. The van der Waals surface area contributed by atoms with Crippen LogP contribution in [0.5, 0.6) is 0 Å². The summed E-state index contributed by atoms with van der Waals surface area (Å²) in [6.07, 6.45) is 3.38. The summed E-state index contributed by atoms with van der Waals surface area (Å²) in [6.45, 7) is 4.84. The Balaban J connectivity index is 1.89. The molecule has 106 valence electrons. The first-order valence-corrected chi connectivity index (χ1v) is 6.88. The molecule has 1 N–H and O–H groups in total. The van der Waals surface area contributed by atoms with Gasteiger partial charge in [0, 0.05) is 6.54 Å². The van der Waals surface area contributed by atoms with Crippen LogP contribution in [0.2, 0.25) is 0 Å². The number of carbonyl (C=O) groups excluding carboxylic acids is 1. The van der Waals surface area contributed by atoms with Gasteiger partial charge in [0.05, 0.1) is 12.2 Å². The Hall–Kier alpha value is -2.11. The fourth-order valence-electron chi connectivity index (χ4n) is 2.74. The number of carbonyl (C=O) groups is 1. The van der Waals surface area contributed by atoms with Gasteiger partial charge in [0.15, 0.2) is 5.69 Å². The standard InChI is InChI=1S/C14H18N4O2/c1-9-5-6-18(14(19)11-8-15-17-16-11)12(7-9)13-4-3-10(2)20-13/h3-4,8-9,12H,5-7H2,1-2H3,(H,15,16,17)/t9-,12+/m1/s1. The molecule has 3 rings (SSSR count). The van der Waals surface area contributed by atoms with Gasteiger partial charge in [-0.15, -0.1) is 0 Å². The lowest BCUT2D eigenvalue weighted by Crippen LogP contribution is -2.40. The van der Waals surface area contributed by atoms with Crippen molar-refractivity contribution in [1.29, 1.82) is 0 Å². The summed E-state index contributed by atoms with van der Waals surface area (Å²) in [6, 6.07) is 3.88. The number of hydrogen-bond donors (Lipinski definition) is 1. The van der Waals surface area contributed by atoms with Gasteiger partial charge < -0.3 is 9.32 Å². The van der Waals surface area contributed by atoms with E-state index in [0.29, 0.717) is 11.6 Å². The van der Waals surface area contributed by atoms with Gasteiger partial charge >= 0.3 is 0 Å². The number of nitrogens with zero attached hydrogens (tertiary/aromatic N) is 3. The molecule has 2 aromatic heterocycles. The van der Waals surface area contributed by atoms with Crippen molar-refractivity contribution in [2.24, 2.45) is 5.92 Å². The van der Waals surface area contributed by atoms with Gasteiger partial charge in [-0.3, -0.25) is 4.79 Å². The van der Waals surface area contributed by atoms with Crippen LogP contribution in [-0.4, -0.2) is 32.8 Å². The van der Waals surface area contributed by atoms with Crippen molar-refractivity contribution in [2.75, 3.05) is 6.54 Å². The van der Waals surface area contributed by atoms with E-state index >= 15 is 0 Å². The quantitative estimate of drug-likeness (QED) is 0.912. The summed E-state index contributed by atoms with van der Waals surface area (Å²) in [7, 11) is 0. The van der Waals surface area contributed by atoms with Gasteiger partial charge in [0.2, 0.25) is 0 Å². The molecule has 0 aromatic carbocycles. The molecule has 2 aromatic rings. The number of nitrogens with one attached hydrogen (secondary N) is 1. The first-order chi connectivity index (χ1) is 9.65. The molecule has 0 aliphatic carbocycles. The van der Waals surface area contributed by atoms with E-state index in [1.165, 1.54) is 6.20 Å². The molecule has 1 fully saturated rings. The number of rotatable bonds is 2. The first kappa shape index (κ1) is 12.9. The van der Waals surface area contributed by atoms with Gasteiger partial charge in [-0.05, 0) is 37.8 Å². The van der Waals surface area contributed by atoms with Crippen LogP contribution in [0.3, 0.4) is 0 Å². The summed E-state index contributed by atoms with van der Waals surface area (Å²) in [5.74, 6) is 2.20. The number of furan rings is 1. The molecule has 1 amide bonds. The van der Waals surface area contributed by atoms with E-state index in [2.05, 4.69) is 22.3 Å². The molecule has 0 saturated carbocycles. The Kier molecular flexibility index (Phi) is 3.30. The van der Waals surface area contributed by atoms with Gasteiger partial charge in [-0.25, -0.2) is 0 Å². The maximum absolute atomic E-state index is 12.5. The SMILES string of the molecule is Cc1ccc([C@@H]2C[C@H](C)CCN2C(=O)c2cn[nH]n2)o1. The van der Waals surface area contributed by atoms with Crippen molar-refractivity contribution in [3.8, 4) is 0 Å². The normalized spacial score (nSPS) is 23.0. The third kappa shape index (κ3) is 2.33. The lowest BCUT2D eigenvalue weighted by molar-refractivity contribution is 0.0513. The summed E-state index contributed by atoms with van der Waals surface area (Å²) >= 11 is 0. The summed E-state index contributed by atoms with van der Waals surface area (Å²) < 4.78 is 5.73. The molecule has 6 heteroatoms. The highest BCUT2D eigenvalue weighted by Gasteiger charge is 2.34. The zero-order valence-electron chi connectivity index (χ0n) is 11.7. The van der Waals surface area contributed by atoms with E-state index < -0.39 is 0 Å². The van der Waals surface area contributed by atoms with Crippen molar-refractivity contribution in [2.45, 2.75) is 32.7 Å². The predicted octanol–water partition coefficient (Wildman–Crippen LogP) is 2.32. The fourth-order valence-corrected chi connectivity index (χ4v) is 2.74. The Morgan fingerprint density at radius 3 is 3.00 bits per heavy atom. The lowest BCUT2D eigenvalue weighted by Gasteiger charge is -2.37. The van der Waals surface area contributed by atoms with Crippen molar-refractivity contribution >= 4 is 5.91 Å². The minimum absolute atomic E-state index is 0.0170. The molecular weight excluding hydrogens is 256 g/mol. The van der Waals surface area contributed by atoms with Crippen LogP contribution >= 0.6 is 0 Å². The summed E-state index contributed by atoms with van der Waals surface area (Å²) in [5.41, 5.74) is 0.354. The molecule has 0 radical (unpaired) electrons. The first-order valence-electron chi connectivity index (χ1n) is 6.88. The molecule has 2 atom stereocenters. The second-order valence-corrected chi connectivity index (χ2v) is 5.45. The van der Waals surface area contributed by atoms with E-state index in [1.54, 1.807) is 0 Å². The molecular formula is C14H18N4O2. The van der Waals surface area contributed by atoms with Crippen LogP contribution in [0.4, 0.5) is 0 Å². The van der Waals surface area contributed by atoms with Crippen molar-refractivity contribution < 1.29 is 9.21 Å². The minimum atomic E-state index is -0.0929. The molecule has 6 nitrogen and oxygen atoms in total. The molecule has 0 bridgehead atoms. The highest BCUT2D eigenvalue weighted by atomic mass is 16.3. The number of hydrogen-bond acceptors (Lipinski definition) is 4. The number of H-pyrrole nitrogens is 1. The second kappa shape index (κ2) is 5.11. The Bertz CT molecular complexity index is 590. The van der Waals surface area contributed by atoms with E-state index in [-0.39, 0.29) is 11.9 Å². The highest BCUT2D eigenvalue weighted by Crippen LogP contribution is 2.35. The van der Waals surface area contributed by atoms with E-state index in [0.717, 1.165) is 30.9 Å². The summed E-state index contributed by atoms with van der Waals surface area (Å²) in [5, 5.41) is 10.1. The van der Waals surface area contributed by atoms with Gasteiger partial charge in [0.1, 0.15) is 11.5 Å². The number of aromatic amines is 1. The summed E-state index contributed by atoms with van der Waals surface area (Å²) in [4.78, 5) is 14.4. The maximum Gasteiger partial charge on any atom is 0.276 e. The average molecular weight is 274 g/mol. The molecule has 0 spiro atoms. The average Bonchev–Trinajstić information content (AvgIpc) is 3.09. The van der Waals surface area contributed by atoms with Crippen LogP contribution < -0.4 is 0 Å². The molecule has 3 heterocycles. The smallest absolute Gasteiger partial charge is 0.276 e. The van der Waals surface area contributed by atoms with Crippen LogP contribution in [-0.2, 0) is 0 Å². The number of aryl methyl sites for hydroxylation is 1. The Labute approximate surface area is 117 Å². The number of amides is 1. The second-order valence-electron chi connectivity index (χ2n) is 5.45. The zero-order valence-corrected chi connectivity index (χ0v) is 11.7. The molecule has 1 aliphatic rings. The largest absolute Gasteiger partial charge is 0.464 e. The Morgan fingerprint density at radius 1 is 1.50 bits per heavy atom. The van der Waals surface area contributed by atoms with E-state index in [1.807, 2.05) is 24.0 Å². The molecule has 20 heavy (non-hydrogen) atoms. The minimum Gasteiger partial charge on any atom is -0.464 e. The predicted molar refractivity (Wildman–Crippen MR) is 72.0 cm³/mol. The third-order valence-corrected chi connectivity index (χ3v) is 3.85. The van der Waals surface area contributed by atoms with Crippen LogP contribution in [0.15, 0.2) is 22.7 Å². The molecule has 0 unspecified atom stereocenters. The van der Waals surface area contributed by atoms with Gasteiger partial charge in [-0.2, -0.15) is 15.4 Å². The Morgan fingerprint density at radius 2 is 2.35 bits per heavy atom. The van der Waals surface area contributed by atoms with Crippen molar-refractivity contribution in [3.05, 3.63) is 35.5 Å². The van der Waals surface area contributed by atoms with Gasteiger partial charge in [-0.1, -0.05) is 6.92 Å². The van der Waals surface area contributed by atoms with Crippen molar-refractivity contribution in [1.82, 2.24) is 20.3 Å². The molecule has 1 saturated heterocycles. The fraction of sp³-hybridized carbons (Fsp3) is 0.500. The van der Waals surface area contributed by atoms with Crippen molar-refractivity contribution in [3.63, 3.8) is 0 Å². The number of aromatic nitrogens is 3. The number of likely N-dealkylation sites (tertiary alicyclic amines) is 1. The highest BCUT2D eigenvalue weighted by molar-refractivity contribution is 5.92. The van der Waals surface area contributed by atoms with Crippen LogP contribution in [0.25, 0.3) is 0 Å². The maximum atomic E-state index is 12.5. The van der Waals surface area contributed by atoms with Crippen LogP contribution in [0.1, 0.15) is 47.8 Å². The molecule has 1 aliphatic heterocycles. The topological polar surface area (TPSA) is 75.0 Å². The van der Waals surface area contributed by atoms with Crippen LogP contribution in [0, 0.1) is 12.8 Å².